The summed E-state index contributed by atoms with van der Waals surface area (Å²) < 4.78 is 6.24. The fourth-order valence-electron chi connectivity index (χ4n) is 3.62. The minimum atomic E-state index is -0.487. The van der Waals surface area contributed by atoms with Crippen molar-refractivity contribution >= 4 is 5.91 Å². The average Bonchev–Trinajstić information content (AvgIpc) is 3.14. The third kappa shape index (κ3) is 4.35. The summed E-state index contributed by atoms with van der Waals surface area (Å²) in [6.45, 7) is 3.90. The predicted octanol–water partition coefficient (Wildman–Crippen LogP) is 1.82. The molecule has 5 nitrogen and oxygen atoms in total. The normalized spacial score (nSPS) is 21.1. The first-order valence-corrected chi connectivity index (χ1v) is 9.10. The average molecular weight is 332 g/mol. The van der Waals surface area contributed by atoms with Crippen LogP contribution in [0.15, 0.2) is 30.3 Å². The maximum atomic E-state index is 13.1. The van der Waals surface area contributed by atoms with E-state index in [1.54, 1.807) is 0 Å². The summed E-state index contributed by atoms with van der Waals surface area (Å²) in [6, 6.07) is 9.87. The third-order valence-electron chi connectivity index (χ3n) is 5.06. The van der Waals surface area contributed by atoms with E-state index in [9.17, 15) is 4.79 Å². The second-order valence-corrected chi connectivity index (χ2v) is 6.72. The summed E-state index contributed by atoms with van der Waals surface area (Å²) in [6.07, 6.45) is 4.22. The molecule has 0 spiro atoms. The summed E-state index contributed by atoms with van der Waals surface area (Å²) in [5.41, 5.74) is 0.951. The molecule has 1 aliphatic heterocycles. The lowest BCUT2D eigenvalue weighted by Gasteiger charge is -2.36. The highest BCUT2D eigenvalue weighted by Gasteiger charge is 2.32. The second kappa shape index (κ2) is 8.60. The van der Waals surface area contributed by atoms with Gasteiger partial charge in [0.1, 0.15) is 0 Å². The van der Waals surface area contributed by atoms with Crippen LogP contribution in [0.25, 0.3) is 0 Å². The molecule has 1 saturated carbocycles. The van der Waals surface area contributed by atoms with Crippen LogP contribution in [-0.4, -0.2) is 66.2 Å². The van der Waals surface area contributed by atoms with Crippen molar-refractivity contribution in [2.75, 3.05) is 39.3 Å². The number of aliphatic hydroxyl groups is 1. The Bertz CT molecular complexity index is 509. The maximum absolute atomic E-state index is 13.1. The molecule has 1 unspecified atom stereocenters. The fourth-order valence-corrected chi connectivity index (χ4v) is 3.62. The lowest BCUT2D eigenvalue weighted by molar-refractivity contribution is -0.150. The number of rotatable bonds is 6. The Kier molecular flexibility index (Phi) is 6.24. The van der Waals surface area contributed by atoms with E-state index in [0.717, 1.165) is 31.5 Å². The van der Waals surface area contributed by atoms with E-state index >= 15 is 0 Å². The van der Waals surface area contributed by atoms with Gasteiger partial charge in [0.25, 0.3) is 5.91 Å². The summed E-state index contributed by atoms with van der Waals surface area (Å²) in [5, 5.41) is 9.05. The SMILES string of the molecule is O=C(C(OC1CCCC1)c1ccccc1)N1CCN(CCO)CC1. The van der Waals surface area contributed by atoms with Crippen molar-refractivity contribution in [3.8, 4) is 0 Å². The van der Waals surface area contributed by atoms with Gasteiger partial charge in [0.05, 0.1) is 12.7 Å². The van der Waals surface area contributed by atoms with Gasteiger partial charge in [-0.15, -0.1) is 0 Å². The van der Waals surface area contributed by atoms with Crippen molar-refractivity contribution < 1.29 is 14.6 Å². The van der Waals surface area contributed by atoms with Gasteiger partial charge in [-0.3, -0.25) is 9.69 Å². The van der Waals surface area contributed by atoms with Crippen molar-refractivity contribution in [2.45, 2.75) is 37.9 Å². The zero-order valence-corrected chi connectivity index (χ0v) is 14.3. The first-order chi connectivity index (χ1) is 11.8. The first kappa shape index (κ1) is 17.4. The quantitative estimate of drug-likeness (QED) is 0.863. The molecule has 1 aliphatic carbocycles. The van der Waals surface area contributed by atoms with Crippen LogP contribution in [0.1, 0.15) is 37.4 Å². The van der Waals surface area contributed by atoms with Gasteiger partial charge < -0.3 is 14.7 Å². The van der Waals surface area contributed by atoms with Crippen LogP contribution in [0.4, 0.5) is 0 Å². The molecule has 0 aromatic heterocycles. The Hall–Kier alpha value is -1.43. The van der Waals surface area contributed by atoms with E-state index in [1.165, 1.54) is 12.8 Å². The van der Waals surface area contributed by atoms with Crippen molar-refractivity contribution in [3.63, 3.8) is 0 Å². The van der Waals surface area contributed by atoms with Crippen LogP contribution in [0.2, 0.25) is 0 Å². The molecule has 24 heavy (non-hydrogen) atoms. The molecule has 5 heteroatoms. The van der Waals surface area contributed by atoms with E-state index < -0.39 is 6.10 Å². The number of hydrogen-bond acceptors (Lipinski definition) is 4. The van der Waals surface area contributed by atoms with Gasteiger partial charge in [-0.25, -0.2) is 0 Å². The van der Waals surface area contributed by atoms with Gasteiger partial charge >= 0.3 is 0 Å². The van der Waals surface area contributed by atoms with Gasteiger partial charge in [-0.1, -0.05) is 43.2 Å². The third-order valence-corrected chi connectivity index (χ3v) is 5.06. The summed E-state index contributed by atoms with van der Waals surface area (Å²) in [7, 11) is 0. The zero-order chi connectivity index (χ0) is 16.8. The number of β-amino-alcohol motifs (C(OH)–C–C–N with tert-alkyl or cyclic N) is 1. The van der Waals surface area contributed by atoms with Gasteiger partial charge in [0.15, 0.2) is 6.10 Å². The lowest BCUT2D eigenvalue weighted by Crippen LogP contribution is -2.51. The molecule has 2 fully saturated rings. The monoisotopic (exact) mass is 332 g/mol. The summed E-state index contributed by atoms with van der Waals surface area (Å²) >= 11 is 0. The fraction of sp³-hybridized carbons (Fsp3) is 0.632. The van der Waals surface area contributed by atoms with Crippen molar-refractivity contribution in [3.05, 3.63) is 35.9 Å². The van der Waals surface area contributed by atoms with E-state index in [-0.39, 0.29) is 18.6 Å². The van der Waals surface area contributed by atoms with Crippen molar-refractivity contribution in [1.82, 2.24) is 9.80 Å². The highest BCUT2D eigenvalue weighted by atomic mass is 16.5. The molecule has 2 aliphatic rings. The largest absolute Gasteiger partial charge is 0.395 e. The first-order valence-electron chi connectivity index (χ1n) is 9.10. The molecular weight excluding hydrogens is 304 g/mol. The van der Waals surface area contributed by atoms with Gasteiger partial charge in [-0.2, -0.15) is 0 Å². The second-order valence-electron chi connectivity index (χ2n) is 6.72. The number of hydrogen-bond donors (Lipinski definition) is 1. The maximum Gasteiger partial charge on any atom is 0.256 e. The standard InChI is InChI=1S/C19H28N2O3/c22-15-14-20-10-12-21(13-11-20)19(23)18(16-6-2-1-3-7-16)24-17-8-4-5-9-17/h1-3,6-7,17-18,22H,4-5,8-15H2. The molecule has 0 bridgehead atoms. The van der Waals surface area contributed by atoms with E-state index in [4.69, 9.17) is 9.84 Å². The van der Waals surface area contributed by atoms with Crippen molar-refractivity contribution in [1.29, 1.82) is 0 Å². The highest BCUT2D eigenvalue weighted by molar-refractivity contribution is 5.82. The molecule has 3 rings (SSSR count). The van der Waals surface area contributed by atoms with Crippen LogP contribution in [0.5, 0.6) is 0 Å². The van der Waals surface area contributed by atoms with Crippen LogP contribution >= 0.6 is 0 Å². The van der Waals surface area contributed by atoms with Crippen LogP contribution in [0.3, 0.4) is 0 Å². The molecule has 1 N–H and O–H groups in total. The number of piperazine rings is 1. The Morgan fingerprint density at radius 1 is 1.12 bits per heavy atom. The van der Waals surface area contributed by atoms with Gasteiger partial charge in [0.2, 0.25) is 0 Å². The minimum absolute atomic E-state index is 0.0803. The molecule has 0 radical (unpaired) electrons. The number of aliphatic hydroxyl groups excluding tert-OH is 1. The van der Waals surface area contributed by atoms with Gasteiger partial charge in [0, 0.05) is 32.7 Å². The number of amides is 1. The number of nitrogens with zero attached hydrogens (tertiary/aromatic N) is 2. The molecule has 132 valence electrons. The zero-order valence-electron chi connectivity index (χ0n) is 14.3. The Balaban J connectivity index is 1.67. The molecule has 1 heterocycles. The van der Waals surface area contributed by atoms with Crippen LogP contribution in [0, 0.1) is 0 Å². The van der Waals surface area contributed by atoms with Crippen molar-refractivity contribution in [2.24, 2.45) is 0 Å². The van der Waals surface area contributed by atoms with E-state index in [1.807, 2.05) is 35.2 Å². The molecule has 1 aromatic carbocycles. The van der Waals surface area contributed by atoms with E-state index in [0.29, 0.717) is 19.6 Å². The topological polar surface area (TPSA) is 53.0 Å². The Morgan fingerprint density at radius 2 is 1.79 bits per heavy atom. The molecule has 1 saturated heterocycles. The minimum Gasteiger partial charge on any atom is -0.395 e. The molecule has 1 aromatic rings. The number of benzene rings is 1. The predicted molar refractivity (Wildman–Crippen MR) is 92.6 cm³/mol. The number of carbonyl (C=O) groups excluding carboxylic acids is 1. The lowest BCUT2D eigenvalue weighted by atomic mass is 10.1. The Labute approximate surface area is 144 Å². The van der Waals surface area contributed by atoms with Crippen LogP contribution in [-0.2, 0) is 9.53 Å². The number of ether oxygens (including phenoxy) is 1. The molecule has 1 atom stereocenters. The number of carbonyl (C=O) groups is 1. The smallest absolute Gasteiger partial charge is 0.256 e. The van der Waals surface area contributed by atoms with Crippen LogP contribution < -0.4 is 0 Å². The summed E-state index contributed by atoms with van der Waals surface area (Å²) in [4.78, 5) is 17.2. The molecule has 1 amide bonds. The Morgan fingerprint density at radius 3 is 2.42 bits per heavy atom. The molecular formula is C19H28N2O3. The summed E-state index contributed by atoms with van der Waals surface area (Å²) in [5.74, 6) is 0.0803. The van der Waals surface area contributed by atoms with E-state index in [2.05, 4.69) is 4.90 Å². The highest BCUT2D eigenvalue weighted by Crippen LogP contribution is 2.29. The van der Waals surface area contributed by atoms with Gasteiger partial charge in [-0.05, 0) is 18.4 Å².